The second-order valence-corrected chi connectivity index (χ2v) is 7.63. The highest BCUT2D eigenvalue weighted by Gasteiger charge is 2.88. The summed E-state index contributed by atoms with van der Waals surface area (Å²) >= 11 is 0. The van der Waals surface area contributed by atoms with E-state index < -0.39 is 0 Å². The van der Waals surface area contributed by atoms with Crippen LogP contribution in [0.2, 0.25) is 0 Å². The fourth-order valence-electron chi connectivity index (χ4n) is 6.61. The summed E-state index contributed by atoms with van der Waals surface area (Å²) in [6.45, 7) is 0. The molecule has 0 amide bonds. The molecule has 4 saturated carbocycles. The largest absolute Gasteiger partial charge is 0.299 e. The first-order valence-corrected chi connectivity index (χ1v) is 8.34. The molecule has 4 aliphatic carbocycles. The molecule has 1 spiro atoms. The van der Waals surface area contributed by atoms with Crippen LogP contribution in [0.4, 0.5) is 0 Å². The number of fused-ring (bicyclic) bond motifs is 1. The van der Waals surface area contributed by atoms with Gasteiger partial charge in [-0.2, -0.15) is 0 Å². The number of ketones is 2. The summed E-state index contributed by atoms with van der Waals surface area (Å²) in [6.07, 6.45) is 6.66. The summed E-state index contributed by atoms with van der Waals surface area (Å²) in [5.41, 5.74) is 0.562. The fraction of sp³-hybridized carbons (Fsp3) is 0.579. The van der Waals surface area contributed by atoms with Crippen LogP contribution in [0.25, 0.3) is 0 Å². The molecule has 2 heteroatoms. The number of hydrogen-bond acceptors (Lipinski definition) is 2. The van der Waals surface area contributed by atoms with Crippen molar-refractivity contribution in [3.63, 3.8) is 0 Å². The monoisotopic (exact) mass is 280 g/mol. The maximum absolute atomic E-state index is 13.3. The van der Waals surface area contributed by atoms with E-state index in [0.717, 1.165) is 18.4 Å². The first kappa shape index (κ1) is 12.1. The predicted molar refractivity (Wildman–Crippen MR) is 78.8 cm³/mol. The lowest BCUT2D eigenvalue weighted by Gasteiger charge is -2.43. The third-order valence-electron chi connectivity index (χ3n) is 7.19. The van der Waals surface area contributed by atoms with Gasteiger partial charge in [-0.25, -0.2) is 0 Å². The van der Waals surface area contributed by atoms with Gasteiger partial charge in [0.05, 0.1) is 5.41 Å². The Balaban J connectivity index is 1.66. The van der Waals surface area contributed by atoms with E-state index in [-0.39, 0.29) is 22.5 Å². The number of benzene rings is 1. The van der Waals surface area contributed by atoms with Crippen molar-refractivity contribution in [3.05, 3.63) is 35.9 Å². The molecule has 0 bridgehead atoms. The van der Waals surface area contributed by atoms with Crippen LogP contribution in [-0.2, 0) is 4.79 Å². The zero-order valence-corrected chi connectivity index (χ0v) is 12.2. The van der Waals surface area contributed by atoms with E-state index in [1.165, 1.54) is 19.3 Å². The first-order chi connectivity index (χ1) is 10.2. The van der Waals surface area contributed by atoms with Crippen molar-refractivity contribution in [1.82, 2.24) is 0 Å². The molecule has 0 saturated heterocycles. The van der Waals surface area contributed by atoms with Crippen LogP contribution < -0.4 is 0 Å². The van der Waals surface area contributed by atoms with E-state index in [1.807, 2.05) is 30.3 Å². The molecule has 4 aliphatic rings. The average molecular weight is 280 g/mol. The van der Waals surface area contributed by atoms with E-state index in [2.05, 4.69) is 0 Å². The van der Waals surface area contributed by atoms with Gasteiger partial charge >= 0.3 is 0 Å². The highest BCUT2D eigenvalue weighted by atomic mass is 16.1. The summed E-state index contributed by atoms with van der Waals surface area (Å²) in [4.78, 5) is 25.8. The number of carbonyl (C=O) groups excluding carboxylic acids is 2. The van der Waals surface area contributed by atoms with Crippen molar-refractivity contribution < 1.29 is 9.59 Å². The van der Waals surface area contributed by atoms with E-state index in [9.17, 15) is 9.59 Å². The molecule has 2 unspecified atom stereocenters. The van der Waals surface area contributed by atoms with Crippen molar-refractivity contribution in [3.8, 4) is 0 Å². The molecule has 5 rings (SSSR count). The zero-order chi connectivity index (χ0) is 14.2. The standard InChI is InChI=1S/C19H20O2/c20-15-11-18-9-5-4-8-13(18)10-14-16(15)19(14,18)17(21)12-6-2-1-3-7-12/h1-3,6-7,13-14,16H,4-5,8-11H2/t13-,14?,16-,18?,19-/m1/s1. The molecule has 0 aliphatic heterocycles. The smallest absolute Gasteiger partial charge is 0.170 e. The number of carbonyl (C=O) groups is 2. The molecule has 0 N–H and O–H groups in total. The van der Waals surface area contributed by atoms with Crippen LogP contribution in [0.15, 0.2) is 30.3 Å². The van der Waals surface area contributed by atoms with E-state index in [0.29, 0.717) is 24.0 Å². The predicted octanol–water partition coefficient (Wildman–Crippen LogP) is 3.65. The number of rotatable bonds is 2. The van der Waals surface area contributed by atoms with Crippen LogP contribution in [0, 0.1) is 28.6 Å². The third kappa shape index (κ3) is 1.15. The van der Waals surface area contributed by atoms with Gasteiger partial charge in [0.1, 0.15) is 5.78 Å². The van der Waals surface area contributed by atoms with Crippen LogP contribution in [0.5, 0.6) is 0 Å². The Hall–Kier alpha value is -1.44. The lowest BCUT2D eigenvalue weighted by Crippen LogP contribution is -2.40. The molecular formula is C19H20O2. The molecule has 108 valence electrons. The Labute approximate surface area is 124 Å². The van der Waals surface area contributed by atoms with Gasteiger partial charge in [0.2, 0.25) is 0 Å². The Bertz CT molecular complexity index is 649. The summed E-state index contributed by atoms with van der Waals surface area (Å²) in [5, 5.41) is 0. The maximum atomic E-state index is 13.3. The molecule has 0 radical (unpaired) electrons. The number of hydrogen-bond donors (Lipinski definition) is 0. The molecule has 2 nitrogen and oxygen atoms in total. The summed E-state index contributed by atoms with van der Waals surface area (Å²) < 4.78 is 0. The molecule has 4 fully saturated rings. The van der Waals surface area contributed by atoms with Crippen molar-refractivity contribution >= 4 is 11.6 Å². The van der Waals surface area contributed by atoms with Gasteiger partial charge in [0.15, 0.2) is 5.78 Å². The van der Waals surface area contributed by atoms with Crippen LogP contribution >= 0.6 is 0 Å². The van der Waals surface area contributed by atoms with Crippen molar-refractivity contribution in [2.75, 3.05) is 0 Å². The van der Waals surface area contributed by atoms with Crippen LogP contribution in [-0.4, -0.2) is 11.6 Å². The SMILES string of the molecule is O=C1CC23CCCC[C@@H]2CC2[C@H]1[C@@]23C(=O)c1ccccc1. The van der Waals surface area contributed by atoms with Crippen molar-refractivity contribution in [1.29, 1.82) is 0 Å². The lowest BCUT2D eigenvalue weighted by molar-refractivity contribution is -0.120. The topological polar surface area (TPSA) is 34.1 Å². The second-order valence-electron chi connectivity index (χ2n) is 7.63. The van der Waals surface area contributed by atoms with Gasteiger partial charge in [-0.05, 0) is 36.5 Å². The van der Waals surface area contributed by atoms with E-state index >= 15 is 0 Å². The Kier molecular flexibility index (Phi) is 2.11. The molecule has 0 aromatic heterocycles. The Morgan fingerprint density at radius 2 is 1.95 bits per heavy atom. The third-order valence-corrected chi connectivity index (χ3v) is 7.19. The zero-order valence-electron chi connectivity index (χ0n) is 12.2. The fourth-order valence-corrected chi connectivity index (χ4v) is 6.61. The first-order valence-electron chi connectivity index (χ1n) is 8.34. The van der Waals surface area contributed by atoms with Gasteiger partial charge in [-0.1, -0.05) is 43.2 Å². The minimum absolute atomic E-state index is 0.0323. The summed E-state index contributed by atoms with van der Waals surface area (Å²) in [6, 6.07) is 9.70. The normalized spacial score (nSPS) is 46.1. The minimum atomic E-state index is -0.295. The lowest BCUT2D eigenvalue weighted by atomic mass is 9.59. The summed E-state index contributed by atoms with van der Waals surface area (Å²) in [7, 11) is 0. The molecule has 1 aromatic carbocycles. The number of Topliss-reactive ketones (excluding diaryl/α,β-unsaturated/α-hetero) is 2. The molecule has 21 heavy (non-hydrogen) atoms. The Morgan fingerprint density at radius 1 is 1.14 bits per heavy atom. The Morgan fingerprint density at radius 3 is 2.76 bits per heavy atom. The second kappa shape index (κ2) is 3.66. The van der Waals surface area contributed by atoms with Gasteiger partial charge < -0.3 is 0 Å². The molecular weight excluding hydrogens is 260 g/mol. The quantitative estimate of drug-likeness (QED) is 0.775. The van der Waals surface area contributed by atoms with Gasteiger partial charge in [0, 0.05) is 17.9 Å². The minimum Gasteiger partial charge on any atom is -0.299 e. The molecule has 0 heterocycles. The van der Waals surface area contributed by atoms with Crippen LogP contribution in [0.1, 0.15) is 48.9 Å². The van der Waals surface area contributed by atoms with Crippen LogP contribution in [0.3, 0.4) is 0 Å². The maximum Gasteiger partial charge on any atom is 0.170 e. The molecule has 5 atom stereocenters. The molecule has 1 aromatic rings. The van der Waals surface area contributed by atoms with Crippen molar-refractivity contribution in [2.24, 2.45) is 28.6 Å². The van der Waals surface area contributed by atoms with E-state index in [4.69, 9.17) is 0 Å². The van der Waals surface area contributed by atoms with Gasteiger partial charge in [-0.15, -0.1) is 0 Å². The van der Waals surface area contributed by atoms with Gasteiger partial charge in [-0.3, -0.25) is 9.59 Å². The average Bonchev–Trinajstić information content (AvgIpc) is 3.05. The highest BCUT2D eigenvalue weighted by molar-refractivity contribution is 6.11. The van der Waals surface area contributed by atoms with Gasteiger partial charge in [0.25, 0.3) is 0 Å². The highest BCUT2D eigenvalue weighted by Crippen LogP contribution is 2.86. The van der Waals surface area contributed by atoms with Crippen molar-refractivity contribution in [2.45, 2.75) is 38.5 Å². The summed E-state index contributed by atoms with van der Waals surface area (Å²) in [5.74, 6) is 1.75. The van der Waals surface area contributed by atoms with E-state index in [1.54, 1.807) is 0 Å².